The van der Waals surface area contributed by atoms with Crippen molar-refractivity contribution in [3.05, 3.63) is 53.6 Å². The minimum absolute atomic E-state index is 0.0106. The summed E-state index contributed by atoms with van der Waals surface area (Å²) < 4.78 is 38.4. The van der Waals surface area contributed by atoms with Crippen molar-refractivity contribution in [2.45, 2.75) is 25.4 Å². The summed E-state index contributed by atoms with van der Waals surface area (Å²) in [6, 6.07) is 7.49. The van der Waals surface area contributed by atoms with Crippen molar-refractivity contribution in [3.8, 4) is 0 Å². The zero-order valence-corrected chi connectivity index (χ0v) is 18.2. The van der Waals surface area contributed by atoms with E-state index in [-0.39, 0.29) is 22.8 Å². The third kappa shape index (κ3) is 3.54. The Labute approximate surface area is 178 Å². The van der Waals surface area contributed by atoms with Crippen LogP contribution in [0.1, 0.15) is 21.7 Å². The fraction of sp³-hybridized carbons (Fsp3) is 0.263. The number of methoxy groups -OCH3 is 1. The Balaban J connectivity index is 1.63. The van der Waals surface area contributed by atoms with Crippen LogP contribution in [-0.2, 0) is 28.5 Å². The van der Waals surface area contributed by atoms with E-state index in [9.17, 15) is 13.2 Å². The van der Waals surface area contributed by atoms with Crippen LogP contribution < -0.4 is 4.72 Å². The molecule has 0 spiro atoms. The van der Waals surface area contributed by atoms with Gasteiger partial charge in [-0.2, -0.15) is 5.10 Å². The SMILES string of the molecule is COC(=O)c1c(S(=O)(=O)Nc2cnn(Cn3nnc4ccccc43)c2)c(C)n(C)c1C. The molecule has 1 aromatic carbocycles. The van der Waals surface area contributed by atoms with Gasteiger partial charge in [-0.25, -0.2) is 22.6 Å². The van der Waals surface area contributed by atoms with Crippen LogP contribution in [0.25, 0.3) is 11.0 Å². The van der Waals surface area contributed by atoms with Crippen molar-refractivity contribution in [1.29, 1.82) is 0 Å². The van der Waals surface area contributed by atoms with E-state index >= 15 is 0 Å². The van der Waals surface area contributed by atoms with Crippen LogP contribution in [0.3, 0.4) is 0 Å². The number of carbonyl (C=O) groups excluding carboxylic acids is 1. The first-order chi connectivity index (χ1) is 14.7. The maximum atomic E-state index is 13.1. The molecule has 4 rings (SSSR count). The molecule has 0 aliphatic carbocycles. The molecule has 0 atom stereocenters. The third-order valence-electron chi connectivity index (χ3n) is 5.17. The second-order valence-electron chi connectivity index (χ2n) is 7.02. The van der Waals surface area contributed by atoms with Crippen molar-refractivity contribution in [2.75, 3.05) is 11.8 Å². The van der Waals surface area contributed by atoms with Gasteiger partial charge in [0, 0.05) is 18.4 Å². The Morgan fingerprint density at radius 1 is 1.19 bits per heavy atom. The number of nitrogens with one attached hydrogen (secondary N) is 1. The molecule has 162 valence electrons. The molecule has 0 unspecified atom stereocenters. The van der Waals surface area contributed by atoms with Gasteiger partial charge in [0.05, 0.1) is 30.7 Å². The zero-order valence-electron chi connectivity index (χ0n) is 17.4. The second-order valence-corrected chi connectivity index (χ2v) is 8.64. The number of rotatable bonds is 6. The van der Waals surface area contributed by atoms with E-state index in [1.807, 2.05) is 24.3 Å². The van der Waals surface area contributed by atoms with Gasteiger partial charge in [0.2, 0.25) is 0 Å². The molecule has 3 aromatic heterocycles. The van der Waals surface area contributed by atoms with Gasteiger partial charge in [-0.1, -0.05) is 17.3 Å². The van der Waals surface area contributed by atoms with E-state index in [0.717, 1.165) is 11.0 Å². The summed E-state index contributed by atoms with van der Waals surface area (Å²) in [6.07, 6.45) is 2.93. The highest BCUT2D eigenvalue weighted by molar-refractivity contribution is 7.92. The summed E-state index contributed by atoms with van der Waals surface area (Å²) in [7, 11) is -1.17. The van der Waals surface area contributed by atoms with E-state index in [4.69, 9.17) is 4.74 Å². The molecule has 0 aliphatic heterocycles. The van der Waals surface area contributed by atoms with Gasteiger partial charge in [0.15, 0.2) is 0 Å². The van der Waals surface area contributed by atoms with Crippen molar-refractivity contribution < 1.29 is 17.9 Å². The van der Waals surface area contributed by atoms with Gasteiger partial charge in [0.25, 0.3) is 10.0 Å². The number of ether oxygens (including phenoxy) is 1. The highest BCUT2D eigenvalue weighted by Gasteiger charge is 2.31. The van der Waals surface area contributed by atoms with E-state index in [0.29, 0.717) is 11.4 Å². The lowest BCUT2D eigenvalue weighted by Gasteiger charge is -2.08. The van der Waals surface area contributed by atoms with Gasteiger partial charge < -0.3 is 9.30 Å². The molecule has 0 saturated heterocycles. The van der Waals surface area contributed by atoms with E-state index in [1.165, 1.54) is 24.2 Å². The molecular formula is C19H21N7O4S. The molecule has 12 heteroatoms. The number of nitrogens with zero attached hydrogens (tertiary/aromatic N) is 6. The van der Waals surface area contributed by atoms with Crippen LogP contribution in [0.15, 0.2) is 41.6 Å². The van der Waals surface area contributed by atoms with Crippen molar-refractivity contribution >= 4 is 32.7 Å². The number of carbonyl (C=O) groups is 1. The molecule has 0 radical (unpaired) electrons. The zero-order chi connectivity index (χ0) is 22.3. The van der Waals surface area contributed by atoms with Crippen molar-refractivity contribution in [3.63, 3.8) is 0 Å². The van der Waals surface area contributed by atoms with E-state index in [1.54, 1.807) is 30.1 Å². The number of hydrogen-bond acceptors (Lipinski definition) is 7. The highest BCUT2D eigenvalue weighted by Crippen LogP contribution is 2.28. The fourth-order valence-corrected chi connectivity index (χ4v) is 4.99. The molecule has 3 heterocycles. The van der Waals surface area contributed by atoms with Gasteiger partial charge in [-0.05, 0) is 26.0 Å². The third-order valence-corrected chi connectivity index (χ3v) is 6.71. The maximum Gasteiger partial charge on any atom is 0.341 e. The lowest BCUT2D eigenvalue weighted by atomic mass is 10.2. The Morgan fingerprint density at radius 3 is 2.68 bits per heavy atom. The molecular weight excluding hydrogens is 422 g/mol. The van der Waals surface area contributed by atoms with Gasteiger partial charge in [-0.15, -0.1) is 5.10 Å². The minimum Gasteiger partial charge on any atom is -0.465 e. The first-order valence-corrected chi connectivity index (χ1v) is 10.8. The number of fused-ring (bicyclic) bond motifs is 1. The molecule has 0 amide bonds. The molecule has 0 saturated carbocycles. The summed E-state index contributed by atoms with van der Waals surface area (Å²) in [6.45, 7) is 3.55. The molecule has 0 aliphatic rings. The molecule has 4 aromatic rings. The summed E-state index contributed by atoms with van der Waals surface area (Å²) in [5.41, 5.74) is 2.77. The predicted octanol–water partition coefficient (Wildman–Crippen LogP) is 1.68. The maximum absolute atomic E-state index is 13.1. The van der Waals surface area contributed by atoms with Crippen LogP contribution >= 0.6 is 0 Å². The Kier molecular flexibility index (Phi) is 5.01. The normalized spacial score (nSPS) is 11.7. The first-order valence-electron chi connectivity index (χ1n) is 9.30. The topological polar surface area (TPSA) is 126 Å². The van der Waals surface area contributed by atoms with Crippen LogP contribution in [-0.4, -0.2) is 50.8 Å². The standard InChI is InChI=1S/C19H21N7O4S/c1-12-17(19(27)30-4)18(13(2)24(12)3)31(28,29)22-14-9-20-25(10-14)11-26-16-8-6-5-7-15(16)21-23-26/h5-10,22H,11H2,1-4H3. The van der Waals surface area contributed by atoms with Crippen molar-refractivity contribution in [1.82, 2.24) is 29.3 Å². The highest BCUT2D eigenvalue weighted by atomic mass is 32.2. The summed E-state index contributed by atoms with van der Waals surface area (Å²) in [5.74, 6) is -0.713. The first kappa shape index (κ1) is 20.6. The number of benzene rings is 1. The van der Waals surface area contributed by atoms with Crippen LogP contribution in [0.4, 0.5) is 5.69 Å². The van der Waals surface area contributed by atoms with Gasteiger partial charge >= 0.3 is 5.97 Å². The number of aromatic nitrogens is 6. The summed E-state index contributed by atoms with van der Waals surface area (Å²) in [4.78, 5) is 12.1. The number of hydrogen-bond donors (Lipinski definition) is 1. The Hall–Kier alpha value is -3.67. The average Bonchev–Trinajstić information content (AvgIpc) is 3.41. The lowest BCUT2D eigenvalue weighted by Crippen LogP contribution is -2.17. The predicted molar refractivity (Wildman–Crippen MR) is 112 cm³/mol. The second kappa shape index (κ2) is 7.54. The average molecular weight is 443 g/mol. The molecule has 31 heavy (non-hydrogen) atoms. The number of para-hydroxylation sites is 1. The number of anilines is 1. The molecule has 0 bridgehead atoms. The van der Waals surface area contributed by atoms with Crippen LogP contribution in [0, 0.1) is 13.8 Å². The number of sulfonamides is 1. The number of esters is 1. The summed E-state index contributed by atoms with van der Waals surface area (Å²) >= 11 is 0. The molecule has 0 fully saturated rings. The molecule has 11 nitrogen and oxygen atoms in total. The van der Waals surface area contributed by atoms with Gasteiger partial charge in [0.1, 0.15) is 22.6 Å². The van der Waals surface area contributed by atoms with Crippen LogP contribution in [0.2, 0.25) is 0 Å². The lowest BCUT2D eigenvalue weighted by molar-refractivity contribution is 0.0595. The smallest absolute Gasteiger partial charge is 0.341 e. The summed E-state index contributed by atoms with van der Waals surface area (Å²) in [5, 5.41) is 12.4. The minimum atomic E-state index is -4.07. The largest absolute Gasteiger partial charge is 0.465 e. The van der Waals surface area contributed by atoms with Gasteiger partial charge in [-0.3, -0.25) is 4.72 Å². The Morgan fingerprint density at radius 2 is 1.94 bits per heavy atom. The fourth-order valence-electron chi connectivity index (χ4n) is 3.45. The van der Waals surface area contributed by atoms with E-state index in [2.05, 4.69) is 20.1 Å². The Bertz CT molecular complexity index is 1400. The van der Waals surface area contributed by atoms with Crippen LogP contribution in [0.5, 0.6) is 0 Å². The quantitative estimate of drug-likeness (QED) is 0.449. The van der Waals surface area contributed by atoms with Crippen molar-refractivity contribution in [2.24, 2.45) is 7.05 Å². The molecule has 1 N–H and O–H groups in total. The monoisotopic (exact) mass is 443 g/mol. The van der Waals surface area contributed by atoms with E-state index < -0.39 is 16.0 Å².